The summed E-state index contributed by atoms with van der Waals surface area (Å²) in [6.45, 7) is 2.62. The van der Waals surface area contributed by atoms with E-state index in [1.54, 1.807) is 26.0 Å². The molecular formula is C17H23N3O6. The van der Waals surface area contributed by atoms with Crippen LogP contribution in [0.1, 0.15) is 19.4 Å². The Labute approximate surface area is 151 Å². The molecule has 0 spiro atoms. The van der Waals surface area contributed by atoms with Crippen molar-refractivity contribution in [3.05, 3.63) is 35.9 Å². The first-order chi connectivity index (χ1) is 12.3. The molecule has 0 bridgehead atoms. The fourth-order valence-electron chi connectivity index (χ4n) is 1.91. The molecule has 0 aliphatic carbocycles. The highest BCUT2D eigenvalue weighted by Gasteiger charge is 2.23. The minimum absolute atomic E-state index is 0.0719. The minimum Gasteiger partial charge on any atom is -0.480 e. The Morgan fingerprint density at radius 1 is 1.00 bits per heavy atom. The Morgan fingerprint density at radius 2 is 1.62 bits per heavy atom. The first-order valence-electron chi connectivity index (χ1n) is 8.03. The zero-order valence-corrected chi connectivity index (χ0v) is 14.7. The van der Waals surface area contributed by atoms with Crippen molar-refractivity contribution >= 4 is 23.9 Å². The number of aliphatic carboxylic acids is 1. The molecule has 0 fully saturated rings. The molecule has 9 heteroatoms. The lowest BCUT2D eigenvalue weighted by molar-refractivity contribution is -0.143. The van der Waals surface area contributed by atoms with E-state index in [0.29, 0.717) is 0 Å². The molecule has 1 aromatic rings. The maximum Gasteiger partial charge on any atom is 0.407 e. The summed E-state index contributed by atoms with van der Waals surface area (Å²) in [5, 5.41) is 15.8. The topological polar surface area (TPSA) is 134 Å². The predicted octanol–water partition coefficient (Wildman–Crippen LogP) is 0.254. The molecule has 1 rings (SSSR count). The summed E-state index contributed by atoms with van der Waals surface area (Å²) in [7, 11) is 0. The lowest BCUT2D eigenvalue weighted by atomic mass is 10.1. The molecule has 0 radical (unpaired) electrons. The van der Waals surface area contributed by atoms with E-state index in [0.717, 1.165) is 5.56 Å². The van der Waals surface area contributed by atoms with E-state index in [4.69, 9.17) is 9.84 Å². The van der Waals surface area contributed by atoms with Crippen molar-refractivity contribution in [2.24, 2.45) is 5.92 Å². The van der Waals surface area contributed by atoms with E-state index in [9.17, 15) is 19.2 Å². The molecular weight excluding hydrogens is 342 g/mol. The van der Waals surface area contributed by atoms with Crippen molar-refractivity contribution in [1.82, 2.24) is 16.0 Å². The van der Waals surface area contributed by atoms with Crippen LogP contribution in [0.3, 0.4) is 0 Å². The van der Waals surface area contributed by atoms with Gasteiger partial charge in [0.1, 0.15) is 19.2 Å². The van der Waals surface area contributed by atoms with Crippen molar-refractivity contribution < 1.29 is 29.0 Å². The molecule has 1 atom stereocenters. The maximum absolute atomic E-state index is 11.7. The van der Waals surface area contributed by atoms with Crippen molar-refractivity contribution in [2.75, 3.05) is 13.1 Å². The van der Waals surface area contributed by atoms with Gasteiger partial charge in [-0.3, -0.25) is 9.59 Å². The van der Waals surface area contributed by atoms with Crippen LogP contribution in [-0.4, -0.2) is 48.1 Å². The lowest BCUT2D eigenvalue weighted by Crippen LogP contribution is -2.49. The van der Waals surface area contributed by atoms with Gasteiger partial charge in [0.2, 0.25) is 11.8 Å². The van der Waals surface area contributed by atoms with Gasteiger partial charge in [0.15, 0.2) is 0 Å². The number of nitrogens with one attached hydrogen (secondary N) is 3. The van der Waals surface area contributed by atoms with E-state index in [-0.39, 0.29) is 19.1 Å². The van der Waals surface area contributed by atoms with E-state index in [2.05, 4.69) is 16.0 Å². The molecule has 4 N–H and O–H groups in total. The number of benzene rings is 1. The van der Waals surface area contributed by atoms with Crippen molar-refractivity contribution in [1.29, 1.82) is 0 Å². The van der Waals surface area contributed by atoms with Gasteiger partial charge in [-0.1, -0.05) is 44.2 Å². The fourth-order valence-corrected chi connectivity index (χ4v) is 1.91. The van der Waals surface area contributed by atoms with Crippen molar-refractivity contribution in [2.45, 2.75) is 26.5 Å². The molecule has 0 aromatic heterocycles. The number of carboxylic acid groups (broad SMARTS) is 1. The van der Waals surface area contributed by atoms with E-state index in [1.165, 1.54) is 0 Å². The number of rotatable bonds is 9. The number of hydrogen-bond acceptors (Lipinski definition) is 5. The van der Waals surface area contributed by atoms with Crippen LogP contribution in [0, 0.1) is 5.92 Å². The average molecular weight is 365 g/mol. The Morgan fingerprint density at radius 3 is 2.19 bits per heavy atom. The van der Waals surface area contributed by atoms with Gasteiger partial charge in [-0.25, -0.2) is 9.59 Å². The summed E-state index contributed by atoms with van der Waals surface area (Å²) in [6.07, 6.45) is -0.765. The zero-order valence-electron chi connectivity index (χ0n) is 14.7. The van der Waals surface area contributed by atoms with Crippen LogP contribution in [-0.2, 0) is 25.7 Å². The lowest BCUT2D eigenvalue weighted by Gasteiger charge is -2.18. The predicted molar refractivity (Wildman–Crippen MR) is 92.0 cm³/mol. The molecule has 26 heavy (non-hydrogen) atoms. The number of carboxylic acids is 1. The summed E-state index contributed by atoms with van der Waals surface area (Å²) in [5.74, 6) is -2.69. The molecule has 0 heterocycles. The first-order valence-corrected chi connectivity index (χ1v) is 8.03. The summed E-state index contributed by atoms with van der Waals surface area (Å²) < 4.78 is 4.93. The van der Waals surface area contributed by atoms with Crippen LogP contribution in [0.2, 0.25) is 0 Å². The van der Waals surface area contributed by atoms with E-state index < -0.39 is 36.5 Å². The number of carbonyl (C=O) groups is 4. The van der Waals surface area contributed by atoms with Crippen LogP contribution in [0.15, 0.2) is 30.3 Å². The highest BCUT2D eigenvalue weighted by molar-refractivity contribution is 5.89. The molecule has 142 valence electrons. The zero-order chi connectivity index (χ0) is 19.5. The van der Waals surface area contributed by atoms with Gasteiger partial charge in [-0.15, -0.1) is 0 Å². The summed E-state index contributed by atoms with van der Waals surface area (Å²) >= 11 is 0. The molecule has 0 saturated carbocycles. The van der Waals surface area contributed by atoms with Gasteiger partial charge in [-0.2, -0.15) is 0 Å². The second kappa shape index (κ2) is 10.7. The highest BCUT2D eigenvalue weighted by Crippen LogP contribution is 2.01. The number of alkyl carbamates (subject to hydrolysis) is 1. The third-order valence-electron chi connectivity index (χ3n) is 3.30. The van der Waals surface area contributed by atoms with Gasteiger partial charge in [0.05, 0.1) is 6.54 Å². The van der Waals surface area contributed by atoms with E-state index >= 15 is 0 Å². The van der Waals surface area contributed by atoms with Crippen LogP contribution in [0.25, 0.3) is 0 Å². The maximum atomic E-state index is 11.7. The van der Waals surface area contributed by atoms with Crippen LogP contribution in [0.5, 0.6) is 0 Å². The molecule has 3 amide bonds. The minimum atomic E-state index is -1.15. The SMILES string of the molecule is CC(C)[C@@H](NC(=O)CNC(=O)CNC(=O)OCc1ccccc1)C(=O)O. The van der Waals surface area contributed by atoms with Gasteiger partial charge < -0.3 is 25.8 Å². The third-order valence-corrected chi connectivity index (χ3v) is 3.30. The normalized spacial score (nSPS) is 11.3. The Hall–Kier alpha value is -3.10. The number of ether oxygens (including phenoxy) is 1. The summed E-state index contributed by atoms with van der Waals surface area (Å²) in [6, 6.07) is 8.00. The molecule has 9 nitrogen and oxygen atoms in total. The summed E-state index contributed by atoms with van der Waals surface area (Å²) in [5.41, 5.74) is 0.807. The number of hydrogen-bond donors (Lipinski definition) is 4. The summed E-state index contributed by atoms with van der Waals surface area (Å²) in [4.78, 5) is 45.8. The quantitative estimate of drug-likeness (QED) is 0.496. The van der Waals surface area contributed by atoms with Crippen LogP contribution in [0.4, 0.5) is 4.79 Å². The Bertz CT molecular complexity index is 633. The molecule has 0 aliphatic heterocycles. The number of amides is 3. The second-order valence-electron chi connectivity index (χ2n) is 5.82. The molecule has 1 aromatic carbocycles. The third kappa shape index (κ3) is 8.13. The average Bonchev–Trinajstić information content (AvgIpc) is 2.61. The molecule has 0 unspecified atom stereocenters. The van der Waals surface area contributed by atoms with Gasteiger partial charge in [-0.05, 0) is 11.5 Å². The monoisotopic (exact) mass is 365 g/mol. The van der Waals surface area contributed by atoms with E-state index in [1.807, 2.05) is 18.2 Å². The number of carbonyl (C=O) groups excluding carboxylic acids is 3. The largest absolute Gasteiger partial charge is 0.480 e. The highest BCUT2D eigenvalue weighted by atomic mass is 16.5. The van der Waals surface area contributed by atoms with Crippen LogP contribution < -0.4 is 16.0 Å². The molecule has 0 saturated heterocycles. The Kier molecular flexibility index (Phi) is 8.62. The van der Waals surface area contributed by atoms with Crippen molar-refractivity contribution in [3.63, 3.8) is 0 Å². The Balaban J connectivity index is 2.24. The first kappa shape index (κ1) is 20.9. The second-order valence-corrected chi connectivity index (χ2v) is 5.82. The van der Waals surface area contributed by atoms with Crippen molar-refractivity contribution in [3.8, 4) is 0 Å². The van der Waals surface area contributed by atoms with Gasteiger partial charge >= 0.3 is 12.1 Å². The van der Waals surface area contributed by atoms with Gasteiger partial charge in [0, 0.05) is 0 Å². The smallest absolute Gasteiger partial charge is 0.407 e. The van der Waals surface area contributed by atoms with Gasteiger partial charge in [0.25, 0.3) is 0 Å². The fraction of sp³-hybridized carbons (Fsp3) is 0.412. The molecule has 0 aliphatic rings. The standard InChI is InChI=1S/C17H23N3O6/c1-11(2)15(16(23)24)20-14(22)9-18-13(21)8-19-17(25)26-10-12-6-4-3-5-7-12/h3-7,11,15H,8-10H2,1-2H3,(H,18,21)(H,19,25)(H,20,22)(H,23,24)/t15-/m1/s1. The van der Waals surface area contributed by atoms with Crippen LogP contribution >= 0.6 is 0 Å².